The van der Waals surface area contributed by atoms with Crippen molar-refractivity contribution in [2.45, 2.75) is 20.5 Å². The molecule has 0 fully saturated rings. The van der Waals surface area contributed by atoms with Crippen molar-refractivity contribution in [3.05, 3.63) is 77.4 Å². The summed E-state index contributed by atoms with van der Waals surface area (Å²) < 4.78 is 11.7. The largest absolute Gasteiger partial charge is 0.493 e. The van der Waals surface area contributed by atoms with Crippen LogP contribution in [-0.2, 0) is 6.61 Å². The van der Waals surface area contributed by atoms with Crippen molar-refractivity contribution in [3.63, 3.8) is 0 Å². The van der Waals surface area contributed by atoms with E-state index in [1.54, 1.807) is 7.11 Å². The number of nitrogens with zero attached hydrogens (tertiary/aromatic N) is 1. The predicted molar refractivity (Wildman–Crippen MR) is 108 cm³/mol. The number of imidazole rings is 1. The van der Waals surface area contributed by atoms with E-state index in [9.17, 15) is 0 Å². The lowest BCUT2D eigenvalue weighted by Crippen LogP contribution is -2.00. The number of rotatable bonds is 5. The van der Waals surface area contributed by atoms with E-state index in [1.165, 1.54) is 11.1 Å². The van der Waals surface area contributed by atoms with Crippen molar-refractivity contribution < 1.29 is 9.47 Å². The van der Waals surface area contributed by atoms with Crippen molar-refractivity contribution in [2.24, 2.45) is 0 Å². The molecule has 1 aromatic heterocycles. The number of aromatic nitrogens is 2. The van der Waals surface area contributed by atoms with Gasteiger partial charge in [-0.25, -0.2) is 4.98 Å². The normalized spacial score (nSPS) is 10.9. The molecule has 0 radical (unpaired) electrons. The molecule has 4 nitrogen and oxygen atoms in total. The first-order chi connectivity index (χ1) is 13.1. The van der Waals surface area contributed by atoms with Crippen LogP contribution in [0.1, 0.15) is 16.7 Å². The fourth-order valence-corrected chi connectivity index (χ4v) is 3.22. The SMILES string of the molecule is COc1cccc(-c2nc3ccc(C)cc3[nH]2)c1OCc1cccc(C)c1. The van der Waals surface area contributed by atoms with Gasteiger partial charge in [-0.3, -0.25) is 0 Å². The smallest absolute Gasteiger partial charge is 0.172 e. The number of ether oxygens (including phenoxy) is 2. The number of aromatic amines is 1. The molecule has 0 atom stereocenters. The molecule has 0 bridgehead atoms. The Bertz CT molecular complexity index is 1100. The first kappa shape index (κ1) is 17.2. The molecule has 1 heterocycles. The maximum Gasteiger partial charge on any atom is 0.172 e. The molecular weight excluding hydrogens is 336 g/mol. The van der Waals surface area contributed by atoms with Crippen molar-refractivity contribution in [2.75, 3.05) is 7.11 Å². The average molecular weight is 358 g/mol. The van der Waals surface area contributed by atoms with Crippen molar-refractivity contribution in [1.82, 2.24) is 9.97 Å². The maximum atomic E-state index is 6.19. The van der Waals surface area contributed by atoms with E-state index in [4.69, 9.17) is 14.5 Å². The lowest BCUT2D eigenvalue weighted by molar-refractivity contribution is 0.285. The highest BCUT2D eigenvalue weighted by Crippen LogP contribution is 2.38. The number of hydrogen-bond donors (Lipinski definition) is 1. The average Bonchev–Trinajstić information content (AvgIpc) is 3.09. The number of aryl methyl sites for hydroxylation is 2. The third-order valence-electron chi connectivity index (χ3n) is 4.56. The van der Waals surface area contributed by atoms with Gasteiger partial charge in [0.15, 0.2) is 11.5 Å². The Labute approximate surface area is 158 Å². The summed E-state index contributed by atoms with van der Waals surface area (Å²) in [5.41, 5.74) is 6.35. The number of H-pyrrole nitrogens is 1. The van der Waals surface area contributed by atoms with Gasteiger partial charge in [0.1, 0.15) is 12.4 Å². The van der Waals surface area contributed by atoms with Gasteiger partial charge in [-0.2, -0.15) is 0 Å². The summed E-state index contributed by atoms with van der Waals surface area (Å²) in [6.07, 6.45) is 0. The Morgan fingerprint density at radius 1 is 0.926 bits per heavy atom. The summed E-state index contributed by atoms with van der Waals surface area (Å²) in [7, 11) is 1.65. The zero-order valence-corrected chi connectivity index (χ0v) is 15.7. The number of benzene rings is 3. The van der Waals surface area contributed by atoms with E-state index < -0.39 is 0 Å². The van der Waals surface area contributed by atoms with Crippen LogP contribution in [0.5, 0.6) is 11.5 Å². The van der Waals surface area contributed by atoms with Crippen LogP contribution in [0.15, 0.2) is 60.7 Å². The van der Waals surface area contributed by atoms with Gasteiger partial charge in [0.25, 0.3) is 0 Å². The number of nitrogens with one attached hydrogen (secondary N) is 1. The molecule has 27 heavy (non-hydrogen) atoms. The molecule has 0 aliphatic carbocycles. The Hall–Kier alpha value is -3.27. The summed E-state index contributed by atoms with van der Waals surface area (Å²) in [6.45, 7) is 4.62. The minimum absolute atomic E-state index is 0.467. The van der Waals surface area contributed by atoms with Crippen LogP contribution >= 0.6 is 0 Å². The number of fused-ring (bicyclic) bond motifs is 1. The molecule has 1 N–H and O–H groups in total. The second-order valence-corrected chi connectivity index (χ2v) is 6.72. The highest BCUT2D eigenvalue weighted by molar-refractivity contribution is 5.82. The van der Waals surface area contributed by atoms with Crippen LogP contribution in [0.25, 0.3) is 22.4 Å². The van der Waals surface area contributed by atoms with Crippen LogP contribution in [0, 0.1) is 13.8 Å². The van der Waals surface area contributed by atoms with E-state index >= 15 is 0 Å². The van der Waals surface area contributed by atoms with Crippen LogP contribution in [0.2, 0.25) is 0 Å². The molecule has 0 saturated heterocycles. The monoisotopic (exact) mass is 358 g/mol. The summed E-state index contributed by atoms with van der Waals surface area (Å²) in [5, 5.41) is 0. The van der Waals surface area contributed by atoms with E-state index in [2.05, 4.69) is 49.2 Å². The highest BCUT2D eigenvalue weighted by atomic mass is 16.5. The third-order valence-corrected chi connectivity index (χ3v) is 4.56. The minimum Gasteiger partial charge on any atom is -0.493 e. The lowest BCUT2D eigenvalue weighted by Gasteiger charge is -2.14. The molecule has 4 heteroatoms. The Morgan fingerprint density at radius 3 is 2.56 bits per heavy atom. The lowest BCUT2D eigenvalue weighted by atomic mass is 10.1. The standard InChI is InChI=1S/C23H22N2O2/c1-15-6-4-7-17(12-15)14-27-22-18(8-5-9-21(22)26-3)23-24-19-11-10-16(2)13-20(19)25-23/h4-13H,14H2,1-3H3,(H,24,25). The molecular formula is C23H22N2O2. The van der Waals surface area contributed by atoms with Gasteiger partial charge in [0, 0.05) is 0 Å². The van der Waals surface area contributed by atoms with Crippen molar-refractivity contribution in [3.8, 4) is 22.9 Å². The fourth-order valence-electron chi connectivity index (χ4n) is 3.22. The molecule has 0 aliphatic heterocycles. The van der Waals surface area contributed by atoms with E-state index in [0.717, 1.165) is 28.0 Å². The molecule has 136 valence electrons. The minimum atomic E-state index is 0.467. The van der Waals surface area contributed by atoms with Gasteiger partial charge < -0.3 is 14.5 Å². The Kier molecular flexibility index (Phi) is 4.55. The summed E-state index contributed by atoms with van der Waals surface area (Å²) in [5.74, 6) is 2.16. The quantitative estimate of drug-likeness (QED) is 0.517. The predicted octanol–water partition coefficient (Wildman–Crippen LogP) is 5.43. The van der Waals surface area contributed by atoms with Gasteiger partial charge in [0.05, 0.1) is 23.7 Å². The molecule has 0 spiro atoms. The second-order valence-electron chi connectivity index (χ2n) is 6.72. The zero-order chi connectivity index (χ0) is 18.8. The number of para-hydroxylation sites is 1. The summed E-state index contributed by atoms with van der Waals surface area (Å²) in [4.78, 5) is 8.14. The Balaban J connectivity index is 1.73. The van der Waals surface area contributed by atoms with Gasteiger partial charge in [-0.05, 0) is 49.2 Å². The molecule has 0 amide bonds. The maximum absolute atomic E-state index is 6.19. The molecule has 0 aliphatic rings. The molecule has 0 unspecified atom stereocenters. The number of hydrogen-bond acceptors (Lipinski definition) is 3. The first-order valence-corrected chi connectivity index (χ1v) is 8.96. The third kappa shape index (κ3) is 3.51. The van der Waals surface area contributed by atoms with Gasteiger partial charge in [-0.15, -0.1) is 0 Å². The van der Waals surface area contributed by atoms with Gasteiger partial charge in [-0.1, -0.05) is 42.0 Å². The highest BCUT2D eigenvalue weighted by Gasteiger charge is 2.16. The second kappa shape index (κ2) is 7.16. The van der Waals surface area contributed by atoms with Crippen LogP contribution in [0.4, 0.5) is 0 Å². The van der Waals surface area contributed by atoms with Gasteiger partial charge >= 0.3 is 0 Å². The first-order valence-electron chi connectivity index (χ1n) is 8.96. The summed E-state index contributed by atoms with van der Waals surface area (Å²) >= 11 is 0. The fraction of sp³-hybridized carbons (Fsp3) is 0.174. The zero-order valence-electron chi connectivity index (χ0n) is 15.7. The van der Waals surface area contributed by atoms with Crippen LogP contribution in [0.3, 0.4) is 0 Å². The molecule has 4 rings (SSSR count). The van der Waals surface area contributed by atoms with Crippen LogP contribution in [-0.4, -0.2) is 17.1 Å². The van der Waals surface area contributed by atoms with E-state index in [0.29, 0.717) is 18.1 Å². The molecule has 4 aromatic rings. The van der Waals surface area contributed by atoms with Gasteiger partial charge in [0.2, 0.25) is 0 Å². The van der Waals surface area contributed by atoms with Crippen LogP contribution < -0.4 is 9.47 Å². The Morgan fingerprint density at radius 2 is 1.74 bits per heavy atom. The van der Waals surface area contributed by atoms with E-state index in [-0.39, 0.29) is 0 Å². The summed E-state index contributed by atoms with van der Waals surface area (Å²) in [6, 6.07) is 20.3. The van der Waals surface area contributed by atoms with E-state index in [1.807, 2.05) is 30.3 Å². The van der Waals surface area contributed by atoms with Crippen molar-refractivity contribution in [1.29, 1.82) is 0 Å². The topological polar surface area (TPSA) is 47.1 Å². The number of methoxy groups -OCH3 is 1. The molecule has 3 aromatic carbocycles. The molecule has 0 saturated carbocycles. The van der Waals surface area contributed by atoms with Crippen molar-refractivity contribution >= 4 is 11.0 Å².